The summed E-state index contributed by atoms with van der Waals surface area (Å²) in [6.45, 7) is 9.58. The van der Waals surface area contributed by atoms with Gasteiger partial charge in [-0.05, 0) is 52.5 Å². The third kappa shape index (κ3) is 4.29. The second-order valence-corrected chi connectivity index (χ2v) is 7.65. The summed E-state index contributed by atoms with van der Waals surface area (Å²) in [6, 6.07) is 2.33. The number of nitrogens with zero attached hydrogens (tertiary/aromatic N) is 5. The molecule has 1 fully saturated rings. The first kappa shape index (κ1) is 20.6. The van der Waals surface area contributed by atoms with Crippen LogP contribution in [0.5, 0.6) is 0 Å². The Bertz CT molecular complexity index is 795. The van der Waals surface area contributed by atoms with Gasteiger partial charge in [0.15, 0.2) is 0 Å². The van der Waals surface area contributed by atoms with Gasteiger partial charge in [-0.25, -0.2) is 0 Å². The van der Waals surface area contributed by atoms with Crippen molar-refractivity contribution in [2.75, 3.05) is 20.3 Å². The van der Waals surface area contributed by atoms with E-state index < -0.39 is 0 Å². The number of amides is 1. The third-order valence-electron chi connectivity index (χ3n) is 5.91. The normalized spacial score (nSPS) is 16.9. The molecule has 0 bridgehead atoms. The molecule has 154 valence electrons. The number of likely N-dealkylation sites (tertiary alicyclic amines) is 1. The molecule has 0 radical (unpaired) electrons. The Morgan fingerprint density at radius 1 is 1.36 bits per heavy atom. The van der Waals surface area contributed by atoms with E-state index in [1.807, 2.05) is 6.07 Å². The van der Waals surface area contributed by atoms with Crippen LogP contribution in [0.4, 0.5) is 0 Å². The Morgan fingerprint density at radius 2 is 2.18 bits per heavy atom. The molecule has 0 spiro atoms. The van der Waals surface area contributed by atoms with E-state index in [9.17, 15) is 4.79 Å². The van der Waals surface area contributed by atoms with Crippen LogP contribution < -0.4 is 0 Å². The highest BCUT2D eigenvalue weighted by Crippen LogP contribution is 2.26. The van der Waals surface area contributed by atoms with Gasteiger partial charge in [0.2, 0.25) is 0 Å². The van der Waals surface area contributed by atoms with E-state index in [4.69, 9.17) is 4.74 Å². The van der Waals surface area contributed by atoms with Crippen LogP contribution in [0.25, 0.3) is 0 Å². The number of aryl methyl sites for hydroxylation is 3. The van der Waals surface area contributed by atoms with Crippen molar-refractivity contribution in [3.05, 3.63) is 35.2 Å². The molecule has 3 rings (SSSR count). The molecule has 7 heteroatoms. The first-order valence-corrected chi connectivity index (χ1v) is 10.4. The SMILES string of the molecule is CCn1cnnc1CCC1CCCN1C(=O)c1cc(C)n(CCCOC)c1C. The fourth-order valence-corrected chi connectivity index (χ4v) is 4.32. The zero-order valence-corrected chi connectivity index (χ0v) is 17.6. The summed E-state index contributed by atoms with van der Waals surface area (Å²) >= 11 is 0. The second kappa shape index (κ2) is 9.37. The summed E-state index contributed by atoms with van der Waals surface area (Å²) in [5.41, 5.74) is 3.05. The van der Waals surface area contributed by atoms with Crippen molar-refractivity contribution < 1.29 is 9.53 Å². The summed E-state index contributed by atoms with van der Waals surface area (Å²) in [4.78, 5) is 15.4. The lowest BCUT2D eigenvalue weighted by atomic mass is 10.1. The van der Waals surface area contributed by atoms with Crippen molar-refractivity contribution in [1.29, 1.82) is 0 Å². The highest BCUT2D eigenvalue weighted by molar-refractivity contribution is 5.96. The van der Waals surface area contributed by atoms with Gasteiger partial charge in [0.1, 0.15) is 12.2 Å². The van der Waals surface area contributed by atoms with Gasteiger partial charge < -0.3 is 18.8 Å². The Labute approximate surface area is 167 Å². The van der Waals surface area contributed by atoms with Gasteiger partial charge in [0, 0.05) is 57.2 Å². The minimum Gasteiger partial charge on any atom is -0.385 e. The van der Waals surface area contributed by atoms with E-state index >= 15 is 0 Å². The lowest BCUT2D eigenvalue weighted by Crippen LogP contribution is -2.36. The van der Waals surface area contributed by atoms with E-state index in [1.165, 1.54) is 0 Å². The van der Waals surface area contributed by atoms with Crippen molar-refractivity contribution >= 4 is 5.91 Å². The summed E-state index contributed by atoms with van der Waals surface area (Å²) in [6.07, 6.45) is 6.67. The summed E-state index contributed by atoms with van der Waals surface area (Å²) in [7, 11) is 1.72. The van der Waals surface area contributed by atoms with Gasteiger partial charge in [-0.1, -0.05) is 0 Å². The number of hydrogen-bond acceptors (Lipinski definition) is 4. The maximum atomic E-state index is 13.3. The van der Waals surface area contributed by atoms with Crippen molar-refractivity contribution in [3.8, 4) is 0 Å². The van der Waals surface area contributed by atoms with Crippen molar-refractivity contribution in [1.82, 2.24) is 24.2 Å². The molecule has 1 aliphatic rings. The largest absolute Gasteiger partial charge is 0.385 e. The number of hydrogen-bond donors (Lipinski definition) is 0. The third-order valence-corrected chi connectivity index (χ3v) is 5.91. The monoisotopic (exact) mass is 387 g/mol. The molecule has 2 aromatic heterocycles. The number of aromatic nitrogens is 4. The molecule has 1 unspecified atom stereocenters. The topological polar surface area (TPSA) is 65.2 Å². The molecule has 0 N–H and O–H groups in total. The maximum absolute atomic E-state index is 13.3. The number of ether oxygens (including phenoxy) is 1. The standard InChI is InChI=1S/C21H33N5O2/c1-5-24-15-22-23-20(24)10-9-18-8-6-11-26(18)21(27)19-14-16(2)25(17(19)3)12-7-13-28-4/h14-15,18H,5-13H2,1-4H3. The Hall–Kier alpha value is -2.15. The van der Waals surface area contributed by atoms with E-state index in [0.29, 0.717) is 0 Å². The van der Waals surface area contributed by atoms with E-state index in [1.54, 1.807) is 13.4 Å². The zero-order chi connectivity index (χ0) is 20.1. The molecule has 3 heterocycles. The summed E-state index contributed by atoms with van der Waals surface area (Å²) in [5.74, 6) is 1.18. The first-order chi connectivity index (χ1) is 13.6. The fraction of sp³-hybridized carbons (Fsp3) is 0.667. The van der Waals surface area contributed by atoms with Crippen LogP contribution in [-0.4, -0.2) is 56.4 Å². The molecule has 0 aromatic carbocycles. The molecular formula is C21H33N5O2. The molecule has 2 aromatic rings. The lowest BCUT2D eigenvalue weighted by Gasteiger charge is -2.25. The lowest BCUT2D eigenvalue weighted by molar-refractivity contribution is 0.0729. The minimum atomic E-state index is 0.172. The van der Waals surface area contributed by atoms with Crippen LogP contribution >= 0.6 is 0 Å². The predicted octanol–water partition coefficient (Wildman–Crippen LogP) is 2.99. The van der Waals surface area contributed by atoms with E-state index in [-0.39, 0.29) is 11.9 Å². The van der Waals surface area contributed by atoms with E-state index in [0.717, 1.165) is 81.1 Å². The van der Waals surface area contributed by atoms with Crippen LogP contribution in [0.1, 0.15) is 60.2 Å². The van der Waals surface area contributed by atoms with Gasteiger partial charge in [-0.3, -0.25) is 4.79 Å². The predicted molar refractivity (Wildman–Crippen MR) is 108 cm³/mol. The van der Waals surface area contributed by atoms with Gasteiger partial charge in [0.25, 0.3) is 5.91 Å². The Balaban J connectivity index is 1.68. The van der Waals surface area contributed by atoms with Crippen LogP contribution in [0.3, 0.4) is 0 Å². The molecule has 1 amide bonds. The molecule has 1 atom stereocenters. The average molecular weight is 388 g/mol. The van der Waals surface area contributed by atoms with E-state index in [2.05, 4.69) is 45.0 Å². The van der Waals surface area contributed by atoms with Crippen molar-refractivity contribution in [2.45, 2.75) is 72.0 Å². The zero-order valence-electron chi connectivity index (χ0n) is 17.6. The minimum absolute atomic E-state index is 0.172. The first-order valence-electron chi connectivity index (χ1n) is 10.4. The van der Waals surface area contributed by atoms with Crippen LogP contribution in [0.15, 0.2) is 12.4 Å². The van der Waals surface area contributed by atoms with Crippen molar-refractivity contribution in [3.63, 3.8) is 0 Å². The molecule has 7 nitrogen and oxygen atoms in total. The number of methoxy groups -OCH3 is 1. The van der Waals surface area contributed by atoms with Crippen molar-refractivity contribution in [2.24, 2.45) is 0 Å². The number of rotatable bonds is 9. The van der Waals surface area contributed by atoms with Gasteiger partial charge >= 0.3 is 0 Å². The highest BCUT2D eigenvalue weighted by Gasteiger charge is 2.31. The molecular weight excluding hydrogens is 354 g/mol. The molecule has 28 heavy (non-hydrogen) atoms. The average Bonchev–Trinajstić information content (AvgIpc) is 3.40. The Morgan fingerprint density at radius 3 is 2.93 bits per heavy atom. The van der Waals surface area contributed by atoms with Crippen LogP contribution in [0, 0.1) is 13.8 Å². The molecule has 1 aliphatic heterocycles. The highest BCUT2D eigenvalue weighted by atomic mass is 16.5. The van der Waals surface area contributed by atoms with Crippen LogP contribution in [-0.2, 0) is 24.2 Å². The maximum Gasteiger partial charge on any atom is 0.255 e. The van der Waals surface area contributed by atoms with Gasteiger partial charge in [0.05, 0.1) is 5.56 Å². The quantitative estimate of drug-likeness (QED) is 0.621. The smallest absolute Gasteiger partial charge is 0.255 e. The van der Waals surface area contributed by atoms with Gasteiger partial charge in [-0.2, -0.15) is 0 Å². The summed E-state index contributed by atoms with van der Waals surface area (Å²) in [5, 5.41) is 8.25. The van der Waals surface area contributed by atoms with Gasteiger partial charge in [-0.15, -0.1) is 10.2 Å². The second-order valence-electron chi connectivity index (χ2n) is 7.65. The fourth-order valence-electron chi connectivity index (χ4n) is 4.32. The number of carbonyl (C=O) groups is 1. The molecule has 0 aliphatic carbocycles. The molecule has 1 saturated heterocycles. The summed E-state index contributed by atoms with van der Waals surface area (Å²) < 4.78 is 9.48. The Kier molecular flexibility index (Phi) is 6.88. The van der Waals surface area contributed by atoms with Crippen LogP contribution in [0.2, 0.25) is 0 Å². The number of carbonyl (C=O) groups excluding carboxylic acids is 1. The molecule has 0 saturated carbocycles.